The van der Waals surface area contributed by atoms with Gasteiger partial charge in [-0.3, -0.25) is 14.3 Å². The molecule has 9 heteroatoms. The van der Waals surface area contributed by atoms with E-state index in [1.54, 1.807) is 11.6 Å². The molecule has 166 valence electrons. The molecule has 0 aliphatic heterocycles. The zero-order chi connectivity index (χ0) is 22.8. The van der Waals surface area contributed by atoms with Crippen molar-refractivity contribution in [3.8, 4) is 11.1 Å². The lowest BCUT2D eigenvalue weighted by Crippen LogP contribution is -2.31. The minimum absolute atomic E-state index is 0.114. The first-order valence-corrected chi connectivity index (χ1v) is 11.3. The van der Waals surface area contributed by atoms with E-state index in [0.29, 0.717) is 22.9 Å². The number of hydrogen-bond acceptors (Lipinski definition) is 6. The fourth-order valence-electron chi connectivity index (χ4n) is 3.57. The van der Waals surface area contributed by atoms with Crippen molar-refractivity contribution < 1.29 is 9.53 Å². The third-order valence-corrected chi connectivity index (χ3v) is 6.28. The number of aromatic nitrogens is 4. The molecule has 0 saturated heterocycles. The maximum Gasteiger partial charge on any atom is 0.349 e. The second kappa shape index (κ2) is 8.96. The van der Waals surface area contributed by atoms with Crippen molar-refractivity contribution in [3.63, 3.8) is 0 Å². The minimum Gasteiger partial charge on any atom is -0.453 e. The first kappa shape index (κ1) is 21.8. The molecule has 0 saturated carbocycles. The van der Waals surface area contributed by atoms with Crippen molar-refractivity contribution in [1.29, 1.82) is 0 Å². The van der Waals surface area contributed by atoms with E-state index >= 15 is 0 Å². The number of nitrogens with one attached hydrogen (secondary N) is 1. The Bertz CT molecular complexity index is 1390. The normalized spacial score (nSPS) is 11.2. The molecule has 4 aromatic rings. The van der Waals surface area contributed by atoms with Crippen LogP contribution in [0.2, 0.25) is 0 Å². The van der Waals surface area contributed by atoms with Crippen LogP contribution in [0.4, 0.5) is 0 Å². The van der Waals surface area contributed by atoms with Gasteiger partial charge in [0.2, 0.25) is 0 Å². The van der Waals surface area contributed by atoms with Gasteiger partial charge in [-0.05, 0) is 30.4 Å². The highest BCUT2D eigenvalue weighted by atomic mass is 32.1. The highest BCUT2D eigenvalue weighted by molar-refractivity contribution is 7.12. The topological polar surface area (TPSA) is 99.0 Å². The van der Waals surface area contributed by atoms with Crippen LogP contribution in [-0.4, -0.2) is 25.1 Å². The van der Waals surface area contributed by atoms with Crippen molar-refractivity contribution in [2.75, 3.05) is 0 Å². The van der Waals surface area contributed by atoms with Gasteiger partial charge in [0.25, 0.3) is 5.56 Å². The van der Waals surface area contributed by atoms with E-state index in [1.807, 2.05) is 49.6 Å². The molecule has 1 aromatic carbocycles. The lowest BCUT2D eigenvalue weighted by atomic mass is 10.1. The van der Waals surface area contributed by atoms with Crippen molar-refractivity contribution in [3.05, 3.63) is 72.8 Å². The Morgan fingerprint density at radius 3 is 2.66 bits per heavy atom. The first-order chi connectivity index (χ1) is 15.4. The van der Waals surface area contributed by atoms with Crippen LogP contribution in [0.5, 0.6) is 0 Å². The van der Waals surface area contributed by atoms with Crippen molar-refractivity contribution >= 4 is 28.5 Å². The van der Waals surface area contributed by atoms with Gasteiger partial charge in [0.1, 0.15) is 17.3 Å². The molecule has 0 aliphatic rings. The van der Waals surface area contributed by atoms with E-state index in [2.05, 4.69) is 9.97 Å². The summed E-state index contributed by atoms with van der Waals surface area (Å²) in [6.07, 6.45) is 1.68. The molecule has 0 atom stereocenters. The zero-order valence-corrected chi connectivity index (χ0v) is 19.0. The molecule has 4 rings (SSSR count). The maximum atomic E-state index is 12.8. The van der Waals surface area contributed by atoms with Crippen molar-refractivity contribution in [1.82, 2.24) is 19.1 Å². The summed E-state index contributed by atoms with van der Waals surface area (Å²) in [7, 11) is 1.67. The Labute approximate surface area is 188 Å². The molecular formula is C23H24N4O4S. The molecule has 0 radical (unpaired) electrons. The van der Waals surface area contributed by atoms with Gasteiger partial charge in [-0.1, -0.05) is 43.2 Å². The average Bonchev–Trinajstić information content (AvgIpc) is 3.38. The molecule has 32 heavy (non-hydrogen) atoms. The van der Waals surface area contributed by atoms with Crippen LogP contribution in [0.3, 0.4) is 0 Å². The fraction of sp³-hybridized carbons (Fsp3) is 0.304. The Morgan fingerprint density at radius 1 is 1.19 bits per heavy atom. The smallest absolute Gasteiger partial charge is 0.349 e. The van der Waals surface area contributed by atoms with Crippen LogP contribution in [0.15, 0.2) is 45.3 Å². The number of fused-ring (bicyclic) bond motifs is 1. The molecule has 3 heterocycles. The zero-order valence-electron chi connectivity index (χ0n) is 18.2. The number of nitrogens with zero attached hydrogens (tertiary/aromatic N) is 3. The summed E-state index contributed by atoms with van der Waals surface area (Å²) >= 11 is 1.31. The number of rotatable bonds is 7. The Hall–Kier alpha value is -3.46. The number of benzene rings is 1. The number of H-pyrrole nitrogens is 1. The predicted molar refractivity (Wildman–Crippen MR) is 124 cm³/mol. The molecule has 0 amide bonds. The molecule has 0 aliphatic carbocycles. The SMILES string of the molecule is CCCCn1c(=O)[nH]c(=O)c2c1nc(COC(=O)c1sccc1-c1ccc(C)cc1)n2C. The fourth-order valence-corrected chi connectivity index (χ4v) is 4.38. The van der Waals surface area contributed by atoms with Crippen LogP contribution in [-0.2, 0) is 24.9 Å². The number of esters is 1. The number of carbonyl (C=O) groups is 1. The average molecular weight is 453 g/mol. The molecule has 0 unspecified atom stereocenters. The largest absolute Gasteiger partial charge is 0.453 e. The monoisotopic (exact) mass is 452 g/mol. The van der Waals surface area contributed by atoms with Gasteiger partial charge in [0, 0.05) is 19.2 Å². The van der Waals surface area contributed by atoms with E-state index in [0.717, 1.165) is 29.5 Å². The number of aryl methyl sites for hydroxylation is 3. The highest BCUT2D eigenvalue weighted by Crippen LogP contribution is 2.29. The predicted octanol–water partition coefficient (Wildman–Crippen LogP) is 3.62. The number of hydrogen-bond donors (Lipinski definition) is 1. The quantitative estimate of drug-likeness (QED) is 0.432. The summed E-state index contributed by atoms with van der Waals surface area (Å²) in [6, 6.07) is 9.84. The van der Waals surface area contributed by atoms with Crippen LogP contribution in [0.1, 0.15) is 40.8 Å². The lowest BCUT2D eigenvalue weighted by Gasteiger charge is -2.06. The van der Waals surface area contributed by atoms with Gasteiger partial charge in [-0.15, -0.1) is 11.3 Å². The van der Waals surface area contributed by atoms with Gasteiger partial charge in [-0.25, -0.2) is 14.6 Å². The second-order valence-electron chi connectivity index (χ2n) is 7.63. The van der Waals surface area contributed by atoms with E-state index < -0.39 is 17.2 Å². The summed E-state index contributed by atoms with van der Waals surface area (Å²) in [4.78, 5) is 44.8. The summed E-state index contributed by atoms with van der Waals surface area (Å²) in [6.45, 7) is 4.37. The maximum absolute atomic E-state index is 12.8. The number of imidazole rings is 1. The molecule has 0 spiro atoms. The van der Waals surface area contributed by atoms with Crippen molar-refractivity contribution in [2.24, 2.45) is 7.05 Å². The first-order valence-electron chi connectivity index (χ1n) is 10.4. The molecular weight excluding hydrogens is 428 g/mol. The Kier molecular flexibility index (Phi) is 6.09. The molecule has 8 nitrogen and oxygen atoms in total. The summed E-state index contributed by atoms with van der Waals surface area (Å²) in [5, 5.41) is 1.85. The van der Waals surface area contributed by atoms with Gasteiger partial charge in [-0.2, -0.15) is 0 Å². The molecule has 1 N–H and O–H groups in total. The molecule has 3 aromatic heterocycles. The number of aromatic amines is 1. The summed E-state index contributed by atoms with van der Waals surface area (Å²) in [5.41, 5.74) is 2.49. The third kappa shape index (κ3) is 4.03. The third-order valence-electron chi connectivity index (χ3n) is 5.39. The summed E-state index contributed by atoms with van der Waals surface area (Å²) in [5.74, 6) is -0.0666. The van der Waals surface area contributed by atoms with E-state index in [-0.39, 0.29) is 12.1 Å². The van der Waals surface area contributed by atoms with Gasteiger partial charge < -0.3 is 9.30 Å². The Morgan fingerprint density at radius 2 is 1.94 bits per heavy atom. The number of ether oxygens (including phenoxy) is 1. The van der Waals surface area contributed by atoms with Gasteiger partial charge >= 0.3 is 11.7 Å². The van der Waals surface area contributed by atoms with Gasteiger partial charge in [0.05, 0.1) is 0 Å². The van der Waals surface area contributed by atoms with Crippen molar-refractivity contribution in [2.45, 2.75) is 39.8 Å². The highest BCUT2D eigenvalue weighted by Gasteiger charge is 2.20. The van der Waals surface area contributed by atoms with Crippen LogP contribution >= 0.6 is 11.3 Å². The lowest BCUT2D eigenvalue weighted by molar-refractivity contribution is 0.0466. The molecule has 0 fully saturated rings. The van der Waals surface area contributed by atoms with E-state index in [1.165, 1.54) is 15.9 Å². The number of carbonyl (C=O) groups excluding carboxylic acids is 1. The van der Waals surface area contributed by atoms with E-state index in [9.17, 15) is 14.4 Å². The minimum atomic E-state index is -0.509. The number of unbranched alkanes of at least 4 members (excludes halogenated alkanes) is 1. The van der Waals surface area contributed by atoms with Gasteiger partial charge in [0.15, 0.2) is 11.2 Å². The van der Waals surface area contributed by atoms with Crippen LogP contribution in [0, 0.1) is 6.92 Å². The number of thiophene rings is 1. The standard InChI is InChI=1S/C23H24N4O4S/c1-4-5-11-27-20-18(21(28)25-23(27)30)26(3)17(24-20)13-31-22(29)19-16(10-12-32-19)15-8-6-14(2)7-9-15/h6-10,12H,4-5,11,13H2,1-3H3,(H,25,28,30). The summed E-state index contributed by atoms with van der Waals surface area (Å²) < 4.78 is 8.58. The second-order valence-corrected chi connectivity index (χ2v) is 8.55. The van der Waals surface area contributed by atoms with Crippen LogP contribution < -0.4 is 11.2 Å². The van der Waals surface area contributed by atoms with E-state index in [4.69, 9.17) is 4.74 Å². The Balaban J connectivity index is 1.61. The molecule has 0 bridgehead atoms. The van der Waals surface area contributed by atoms with Crippen LogP contribution in [0.25, 0.3) is 22.3 Å².